The van der Waals surface area contributed by atoms with Crippen LogP contribution in [0.4, 0.5) is 13.2 Å². The minimum absolute atomic E-state index is 0.0287. The van der Waals surface area contributed by atoms with Crippen molar-refractivity contribution in [2.45, 2.75) is 39.4 Å². The fourth-order valence-electron chi connectivity index (χ4n) is 1.84. The number of rotatable bonds is 4. The van der Waals surface area contributed by atoms with Gasteiger partial charge in [-0.25, -0.2) is 0 Å². The lowest BCUT2D eigenvalue weighted by Gasteiger charge is -2.27. The maximum Gasteiger partial charge on any atom is 0.401 e. The van der Waals surface area contributed by atoms with Crippen LogP contribution in [0.3, 0.4) is 0 Å². The topological polar surface area (TPSA) is 12.0 Å². The highest BCUT2D eigenvalue weighted by Crippen LogP contribution is 2.30. The summed E-state index contributed by atoms with van der Waals surface area (Å²) in [5.41, 5.74) is 0.871. The van der Waals surface area contributed by atoms with E-state index in [0.717, 1.165) is 5.56 Å². The van der Waals surface area contributed by atoms with Crippen LogP contribution in [0.1, 0.15) is 38.8 Å². The van der Waals surface area contributed by atoms with E-state index in [1.165, 1.54) is 0 Å². The number of nitrogens with one attached hydrogen (secondary N) is 1. The van der Waals surface area contributed by atoms with Gasteiger partial charge in [0.05, 0.1) is 6.54 Å². The molecule has 1 nitrogen and oxygen atoms in total. The van der Waals surface area contributed by atoms with Crippen molar-refractivity contribution in [1.82, 2.24) is 5.32 Å². The van der Waals surface area contributed by atoms with Crippen LogP contribution in [0.2, 0.25) is 0 Å². The maximum atomic E-state index is 12.3. The van der Waals surface area contributed by atoms with Gasteiger partial charge in [-0.15, -0.1) is 0 Å². The Morgan fingerprint density at radius 2 is 1.61 bits per heavy atom. The predicted molar refractivity (Wildman–Crippen MR) is 67.3 cm³/mol. The van der Waals surface area contributed by atoms with E-state index in [9.17, 15) is 13.2 Å². The Morgan fingerprint density at radius 1 is 1.06 bits per heavy atom. The van der Waals surface area contributed by atoms with Gasteiger partial charge in [0, 0.05) is 6.04 Å². The summed E-state index contributed by atoms with van der Waals surface area (Å²) in [6.07, 6.45) is -3.52. The highest BCUT2D eigenvalue weighted by molar-refractivity contribution is 5.19. The van der Waals surface area contributed by atoms with Crippen LogP contribution in [0.5, 0.6) is 0 Å². The van der Waals surface area contributed by atoms with Gasteiger partial charge in [0.15, 0.2) is 0 Å². The Morgan fingerprint density at radius 3 is 2.06 bits per heavy atom. The first kappa shape index (κ1) is 15.0. The Balaban J connectivity index is 2.76. The highest BCUT2D eigenvalue weighted by Gasteiger charge is 2.29. The van der Waals surface area contributed by atoms with E-state index >= 15 is 0 Å². The van der Waals surface area contributed by atoms with Crippen molar-refractivity contribution in [2.75, 3.05) is 6.54 Å². The van der Waals surface area contributed by atoms with Gasteiger partial charge in [-0.05, 0) is 17.4 Å². The molecule has 0 aliphatic carbocycles. The molecule has 1 unspecified atom stereocenters. The first-order chi connectivity index (χ1) is 8.17. The summed E-state index contributed by atoms with van der Waals surface area (Å²) in [5.74, 6) is 0. The van der Waals surface area contributed by atoms with Crippen molar-refractivity contribution in [3.63, 3.8) is 0 Å². The van der Waals surface area contributed by atoms with E-state index in [1.54, 1.807) is 0 Å². The smallest absolute Gasteiger partial charge is 0.302 e. The van der Waals surface area contributed by atoms with Gasteiger partial charge in [-0.2, -0.15) is 13.2 Å². The van der Waals surface area contributed by atoms with E-state index in [-0.39, 0.29) is 11.5 Å². The van der Waals surface area contributed by atoms with Gasteiger partial charge >= 0.3 is 6.18 Å². The SMILES string of the molecule is CC(C)(C)CC(NCC(F)(F)F)c1ccccc1. The summed E-state index contributed by atoms with van der Waals surface area (Å²) in [6.45, 7) is 5.12. The first-order valence-corrected chi connectivity index (χ1v) is 6.02. The van der Waals surface area contributed by atoms with Crippen LogP contribution in [0, 0.1) is 5.41 Å². The van der Waals surface area contributed by atoms with Crippen LogP contribution < -0.4 is 5.32 Å². The summed E-state index contributed by atoms with van der Waals surface area (Å²) in [5, 5.41) is 2.61. The van der Waals surface area contributed by atoms with Gasteiger partial charge in [-0.3, -0.25) is 0 Å². The second-order valence-corrected chi connectivity index (χ2v) is 5.72. The fraction of sp³-hybridized carbons (Fsp3) is 0.571. The summed E-state index contributed by atoms with van der Waals surface area (Å²) >= 11 is 0. The van der Waals surface area contributed by atoms with Crippen molar-refractivity contribution in [2.24, 2.45) is 5.41 Å². The van der Waals surface area contributed by atoms with Crippen molar-refractivity contribution in [3.05, 3.63) is 35.9 Å². The zero-order valence-electron chi connectivity index (χ0n) is 11.0. The average molecular weight is 259 g/mol. The molecule has 0 fully saturated rings. The molecular formula is C14H20F3N. The highest BCUT2D eigenvalue weighted by atomic mass is 19.4. The van der Waals surface area contributed by atoms with E-state index in [2.05, 4.69) is 5.32 Å². The molecule has 0 aromatic heterocycles. The number of benzene rings is 1. The van der Waals surface area contributed by atoms with Crippen molar-refractivity contribution < 1.29 is 13.2 Å². The zero-order chi connectivity index (χ0) is 13.8. The molecule has 18 heavy (non-hydrogen) atoms. The molecule has 102 valence electrons. The van der Waals surface area contributed by atoms with Crippen molar-refractivity contribution >= 4 is 0 Å². The Hall–Kier alpha value is -1.03. The normalized spacial score (nSPS) is 14.6. The lowest BCUT2D eigenvalue weighted by atomic mass is 9.85. The second kappa shape index (κ2) is 5.74. The molecule has 4 heteroatoms. The van der Waals surface area contributed by atoms with Gasteiger partial charge in [-0.1, -0.05) is 51.1 Å². The van der Waals surface area contributed by atoms with Crippen LogP contribution >= 0.6 is 0 Å². The van der Waals surface area contributed by atoms with E-state index in [1.807, 2.05) is 51.1 Å². The molecule has 0 aliphatic rings. The minimum atomic E-state index is -4.18. The quantitative estimate of drug-likeness (QED) is 0.849. The molecule has 0 amide bonds. The number of hydrogen-bond acceptors (Lipinski definition) is 1. The summed E-state index contributed by atoms with van der Waals surface area (Å²) in [7, 11) is 0. The lowest BCUT2D eigenvalue weighted by Crippen LogP contribution is -2.34. The molecule has 1 aromatic rings. The minimum Gasteiger partial charge on any atom is -0.302 e. The second-order valence-electron chi connectivity index (χ2n) is 5.72. The Labute approximate surface area is 106 Å². The molecule has 1 atom stereocenters. The molecule has 0 saturated carbocycles. The largest absolute Gasteiger partial charge is 0.401 e. The van der Waals surface area contributed by atoms with Crippen LogP contribution in [-0.4, -0.2) is 12.7 Å². The Bertz CT molecular complexity index is 352. The lowest BCUT2D eigenvalue weighted by molar-refractivity contribution is -0.126. The Kier molecular flexibility index (Phi) is 4.79. The van der Waals surface area contributed by atoms with Gasteiger partial charge < -0.3 is 5.32 Å². The molecule has 1 rings (SSSR count). The van der Waals surface area contributed by atoms with Crippen molar-refractivity contribution in [1.29, 1.82) is 0 Å². The standard InChI is InChI=1S/C14H20F3N/c1-13(2,3)9-12(18-10-14(15,16)17)11-7-5-4-6-8-11/h4-8,12,18H,9-10H2,1-3H3. The molecule has 0 spiro atoms. The third-order valence-electron chi connectivity index (χ3n) is 2.57. The monoisotopic (exact) mass is 259 g/mol. The summed E-state index contributed by atoms with van der Waals surface area (Å²) in [6, 6.07) is 9.01. The van der Waals surface area contributed by atoms with E-state index in [4.69, 9.17) is 0 Å². The fourth-order valence-corrected chi connectivity index (χ4v) is 1.84. The molecule has 1 N–H and O–H groups in total. The van der Waals surface area contributed by atoms with Crippen molar-refractivity contribution in [3.8, 4) is 0 Å². The maximum absolute atomic E-state index is 12.3. The third kappa shape index (κ3) is 6.05. The molecule has 0 aliphatic heterocycles. The molecule has 0 heterocycles. The summed E-state index contributed by atoms with van der Waals surface area (Å²) < 4.78 is 36.9. The summed E-state index contributed by atoms with van der Waals surface area (Å²) in [4.78, 5) is 0. The van der Waals surface area contributed by atoms with Crippen LogP contribution in [0.15, 0.2) is 30.3 Å². The number of halogens is 3. The van der Waals surface area contributed by atoms with Gasteiger partial charge in [0.2, 0.25) is 0 Å². The van der Waals surface area contributed by atoms with Gasteiger partial charge in [0.1, 0.15) is 0 Å². The molecule has 1 aromatic carbocycles. The molecule has 0 bridgehead atoms. The van der Waals surface area contributed by atoms with Crippen LogP contribution in [0.25, 0.3) is 0 Å². The average Bonchev–Trinajstić information content (AvgIpc) is 2.23. The predicted octanol–water partition coefficient (Wildman–Crippen LogP) is 4.32. The molecular weight excluding hydrogens is 239 g/mol. The molecule has 0 saturated heterocycles. The van der Waals surface area contributed by atoms with Crippen LogP contribution in [-0.2, 0) is 0 Å². The first-order valence-electron chi connectivity index (χ1n) is 6.02. The number of hydrogen-bond donors (Lipinski definition) is 1. The van der Waals surface area contributed by atoms with Gasteiger partial charge in [0.25, 0.3) is 0 Å². The van der Waals surface area contributed by atoms with E-state index in [0.29, 0.717) is 6.42 Å². The van der Waals surface area contributed by atoms with E-state index < -0.39 is 12.7 Å². The number of alkyl halides is 3. The zero-order valence-corrected chi connectivity index (χ0v) is 11.0. The third-order valence-corrected chi connectivity index (χ3v) is 2.57. The molecule has 0 radical (unpaired) electrons.